The van der Waals surface area contributed by atoms with Crippen molar-refractivity contribution in [3.63, 3.8) is 0 Å². The number of hydrogen-bond acceptors (Lipinski definition) is 7. The van der Waals surface area contributed by atoms with Crippen LogP contribution in [0.5, 0.6) is 5.75 Å². The van der Waals surface area contributed by atoms with E-state index < -0.39 is 30.2 Å². The summed E-state index contributed by atoms with van der Waals surface area (Å²) in [6.07, 6.45) is -0.0114. The highest BCUT2D eigenvalue weighted by Gasteiger charge is 2.37. The van der Waals surface area contributed by atoms with E-state index in [1.807, 2.05) is 0 Å². The predicted octanol–water partition coefficient (Wildman–Crippen LogP) is 4.40. The van der Waals surface area contributed by atoms with Gasteiger partial charge in [0.1, 0.15) is 10.6 Å². The lowest BCUT2D eigenvalue weighted by molar-refractivity contribution is -0.147. The van der Waals surface area contributed by atoms with Crippen molar-refractivity contribution < 1.29 is 28.7 Å². The molecule has 0 spiro atoms. The third-order valence-electron chi connectivity index (χ3n) is 5.06. The minimum absolute atomic E-state index is 0.0114. The summed E-state index contributed by atoms with van der Waals surface area (Å²) >= 11 is 7.42. The van der Waals surface area contributed by atoms with Gasteiger partial charge < -0.3 is 14.4 Å². The fourth-order valence-electron chi connectivity index (χ4n) is 3.37. The van der Waals surface area contributed by atoms with Gasteiger partial charge in [0.05, 0.1) is 16.6 Å². The van der Waals surface area contributed by atoms with Gasteiger partial charge in [-0.05, 0) is 47.8 Å². The lowest BCUT2D eigenvalue weighted by Crippen LogP contribution is -2.27. The molecule has 168 valence electrons. The molecule has 1 atom stereocenters. The molecule has 0 bridgehead atoms. The lowest BCUT2D eigenvalue weighted by Gasteiger charge is -2.17. The smallest absolute Gasteiger partial charge is 0.353 e. The number of thiophene rings is 1. The van der Waals surface area contributed by atoms with Crippen LogP contribution in [0.15, 0.2) is 66.0 Å². The maximum Gasteiger partial charge on any atom is 0.353 e. The van der Waals surface area contributed by atoms with Crippen molar-refractivity contribution in [2.24, 2.45) is 5.92 Å². The molecule has 1 fully saturated rings. The van der Waals surface area contributed by atoms with Gasteiger partial charge in [0.15, 0.2) is 12.4 Å². The Balaban J connectivity index is 1.29. The first kappa shape index (κ1) is 22.7. The quantitative estimate of drug-likeness (QED) is 0.281. The number of amides is 1. The third-order valence-corrected chi connectivity index (χ3v) is 6.23. The number of anilines is 1. The topological polar surface area (TPSA) is 90.0 Å². The van der Waals surface area contributed by atoms with E-state index in [1.54, 1.807) is 41.8 Å². The Hall–Kier alpha value is -3.49. The van der Waals surface area contributed by atoms with Crippen LogP contribution in [-0.2, 0) is 14.3 Å². The molecular weight excluding hydrogens is 466 g/mol. The van der Waals surface area contributed by atoms with Gasteiger partial charge in [-0.3, -0.25) is 14.4 Å². The highest BCUT2D eigenvalue weighted by molar-refractivity contribution is 7.12. The van der Waals surface area contributed by atoms with Gasteiger partial charge in [0, 0.05) is 18.5 Å². The molecule has 0 radical (unpaired) electrons. The second kappa shape index (κ2) is 9.97. The van der Waals surface area contributed by atoms with Gasteiger partial charge in [-0.15, -0.1) is 11.3 Å². The Kier molecular flexibility index (Phi) is 6.86. The molecule has 2 heterocycles. The molecule has 7 nitrogen and oxygen atoms in total. The van der Waals surface area contributed by atoms with Gasteiger partial charge >= 0.3 is 11.9 Å². The van der Waals surface area contributed by atoms with Crippen molar-refractivity contribution in [1.29, 1.82) is 0 Å². The first-order valence-corrected chi connectivity index (χ1v) is 11.3. The molecule has 9 heteroatoms. The van der Waals surface area contributed by atoms with Crippen LogP contribution in [0.1, 0.15) is 26.5 Å². The number of rotatable bonds is 7. The minimum atomic E-state index is -0.680. The normalized spacial score (nSPS) is 15.4. The molecule has 0 aliphatic carbocycles. The first-order valence-electron chi connectivity index (χ1n) is 10.0. The fraction of sp³-hybridized carbons (Fsp3) is 0.167. The number of Topliss-reactive ketones (excluding diaryl/α,β-unsaturated/α-hetero) is 1. The van der Waals surface area contributed by atoms with Gasteiger partial charge in [0.2, 0.25) is 5.91 Å². The number of ether oxygens (including phenoxy) is 2. The van der Waals surface area contributed by atoms with E-state index in [0.717, 1.165) is 0 Å². The summed E-state index contributed by atoms with van der Waals surface area (Å²) in [5, 5.41) is 2.19. The maximum atomic E-state index is 12.4. The Morgan fingerprint density at radius 3 is 2.48 bits per heavy atom. The Labute approximate surface area is 198 Å². The van der Waals surface area contributed by atoms with Crippen LogP contribution in [0.4, 0.5) is 5.69 Å². The van der Waals surface area contributed by atoms with Gasteiger partial charge in [-0.25, -0.2) is 4.79 Å². The average Bonchev–Trinajstić information content (AvgIpc) is 3.48. The molecule has 1 aliphatic heterocycles. The van der Waals surface area contributed by atoms with Crippen LogP contribution in [0.3, 0.4) is 0 Å². The van der Waals surface area contributed by atoms with E-state index in [1.165, 1.54) is 40.5 Å². The van der Waals surface area contributed by atoms with Crippen LogP contribution in [-0.4, -0.2) is 36.8 Å². The van der Waals surface area contributed by atoms with Crippen LogP contribution < -0.4 is 9.64 Å². The predicted molar refractivity (Wildman–Crippen MR) is 123 cm³/mol. The molecule has 0 N–H and O–H groups in total. The van der Waals surface area contributed by atoms with Crippen LogP contribution >= 0.6 is 22.9 Å². The SMILES string of the molecule is O=C(COC(=O)[C@@H]1CC(=O)N(c2ccccc2Cl)C1)c1ccc(OC(=O)c2cccs2)cc1. The molecule has 1 aromatic heterocycles. The van der Waals surface area contributed by atoms with E-state index in [9.17, 15) is 19.2 Å². The summed E-state index contributed by atoms with van der Waals surface area (Å²) in [4.78, 5) is 51.1. The molecule has 0 saturated carbocycles. The van der Waals surface area contributed by atoms with Crippen molar-refractivity contribution in [3.05, 3.63) is 81.5 Å². The fourth-order valence-corrected chi connectivity index (χ4v) is 4.20. The van der Waals surface area contributed by atoms with Gasteiger partial charge in [-0.2, -0.15) is 0 Å². The van der Waals surface area contributed by atoms with Crippen LogP contribution in [0, 0.1) is 5.92 Å². The zero-order valence-electron chi connectivity index (χ0n) is 17.2. The van der Waals surface area contributed by atoms with E-state index in [4.69, 9.17) is 21.1 Å². The zero-order chi connectivity index (χ0) is 23.4. The molecule has 3 aromatic rings. The first-order chi connectivity index (χ1) is 15.9. The number of ketones is 1. The number of nitrogens with zero attached hydrogens (tertiary/aromatic N) is 1. The third kappa shape index (κ3) is 5.30. The van der Waals surface area contributed by atoms with E-state index >= 15 is 0 Å². The number of benzene rings is 2. The summed E-state index contributed by atoms with van der Waals surface area (Å²) in [6.45, 7) is -0.316. The number of para-hydroxylation sites is 1. The lowest BCUT2D eigenvalue weighted by atomic mass is 10.1. The monoisotopic (exact) mass is 483 g/mol. The van der Waals surface area contributed by atoms with Crippen molar-refractivity contribution in [2.75, 3.05) is 18.1 Å². The summed E-state index contributed by atoms with van der Waals surface area (Å²) in [5.41, 5.74) is 0.842. The largest absolute Gasteiger partial charge is 0.457 e. The number of carbonyl (C=O) groups is 4. The molecule has 2 aromatic carbocycles. The van der Waals surface area contributed by atoms with Gasteiger partial charge in [-0.1, -0.05) is 29.8 Å². The second-order valence-corrected chi connectivity index (χ2v) is 8.63. The van der Waals surface area contributed by atoms with E-state index in [2.05, 4.69) is 0 Å². The Bertz CT molecular complexity index is 1190. The molecule has 33 heavy (non-hydrogen) atoms. The standard InChI is InChI=1S/C24H18ClNO6S/c25-18-4-1-2-5-19(18)26-13-16(12-22(26)28)23(29)31-14-20(27)15-7-9-17(10-8-15)32-24(30)21-6-3-11-33-21/h1-11,16H,12-14H2/t16-/m1/s1. The molecule has 1 amide bonds. The van der Waals surface area contributed by atoms with Crippen molar-refractivity contribution >= 4 is 52.3 Å². The number of halogens is 1. The molecule has 1 saturated heterocycles. The number of esters is 2. The minimum Gasteiger partial charge on any atom is -0.457 e. The Morgan fingerprint density at radius 1 is 1.03 bits per heavy atom. The van der Waals surface area contributed by atoms with Crippen molar-refractivity contribution in [1.82, 2.24) is 0 Å². The maximum absolute atomic E-state index is 12.4. The van der Waals surface area contributed by atoms with Crippen molar-refractivity contribution in [3.8, 4) is 5.75 Å². The number of hydrogen-bond donors (Lipinski definition) is 0. The summed E-state index contributed by atoms with van der Waals surface area (Å²) in [7, 11) is 0. The highest BCUT2D eigenvalue weighted by Crippen LogP contribution is 2.31. The summed E-state index contributed by atoms with van der Waals surface area (Å²) in [6, 6.07) is 16.3. The van der Waals surface area contributed by atoms with Crippen molar-refractivity contribution in [2.45, 2.75) is 6.42 Å². The molecular formula is C24H18ClNO6S. The van der Waals surface area contributed by atoms with E-state index in [-0.39, 0.29) is 18.9 Å². The van der Waals surface area contributed by atoms with Gasteiger partial charge in [0.25, 0.3) is 0 Å². The van der Waals surface area contributed by atoms with Crippen LogP contribution in [0.2, 0.25) is 5.02 Å². The number of carbonyl (C=O) groups excluding carboxylic acids is 4. The second-order valence-electron chi connectivity index (χ2n) is 7.28. The summed E-state index contributed by atoms with van der Waals surface area (Å²) < 4.78 is 10.4. The zero-order valence-corrected chi connectivity index (χ0v) is 18.8. The Morgan fingerprint density at radius 2 is 1.79 bits per heavy atom. The molecule has 0 unspecified atom stereocenters. The summed E-state index contributed by atoms with van der Waals surface area (Å²) in [5.74, 6) is -2.12. The molecule has 1 aliphatic rings. The average molecular weight is 484 g/mol. The van der Waals surface area contributed by atoms with E-state index in [0.29, 0.717) is 26.9 Å². The molecule has 4 rings (SSSR count). The highest BCUT2D eigenvalue weighted by atomic mass is 35.5. The van der Waals surface area contributed by atoms with Crippen LogP contribution in [0.25, 0.3) is 0 Å².